The smallest absolute Gasteiger partial charge is 0.261 e. The Kier molecular flexibility index (Phi) is 3.10. The molecule has 0 atom stereocenters. The van der Waals surface area contributed by atoms with E-state index in [0.717, 1.165) is 19.3 Å². The maximum absolute atomic E-state index is 6.20. The van der Waals surface area contributed by atoms with Crippen molar-refractivity contribution in [1.82, 2.24) is 10.1 Å². The van der Waals surface area contributed by atoms with E-state index >= 15 is 0 Å². The fourth-order valence-corrected chi connectivity index (χ4v) is 2.30. The molecule has 20 heavy (non-hydrogen) atoms. The SMILES string of the molecule is COc1ccc(OC)c(-c2nc(C3(N)CCC3)no2)c1. The van der Waals surface area contributed by atoms with Crippen LogP contribution in [0.2, 0.25) is 0 Å². The fraction of sp³-hybridized carbons (Fsp3) is 0.429. The minimum absolute atomic E-state index is 0.396. The van der Waals surface area contributed by atoms with Crippen LogP contribution in [0, 0.1) is 0 Å². The molecule has 0 spiro atoms. The van der Waals surface area contributed by atoms with Gasteiger partial charge in [-0.05, 0) is 37.5 Å². The lowest BCUT2D eigenvalue weighted by Crippen LogP contribution is -2.44. The highest BCUT2D eigenvalue weighted by Crippen LogP contribution is 2.39. The Balaban J connectivity index is 2.00. The van der Waals surface area contributed by atoms with Crippen LogP contribution in [0.25, 0.3) is 11.5 Å². The van der Waals surface area contributed by atoms with Crippen LogP contribution in [0.5, 0.6) is 11.5 Å². The van der Waals surface area contributed by atoms with Crippen LogP contribution in [-0.2, 0) is 5.54 Å². The Morgan fingerprint density at radius 1 is 1.25 bits per heavy atom. The van der Waals surface area contributed by atoms with E-state index < -0.39 is 5.54 Å². The van der Waals surface area contributed by atoms with Gasteiger partial charge in [0.2, 0.25) is 0 Å². The predicted octanol–water partition coefficient (Wildman–Crippen LogP) is 2.09. The summed E-state index contributed by atoms with van der Waals surface area (Å²) in [5.41, 5.74) is 6.47. The quantitative estimate of drug-likeness (QED) is 0.919. The summed E-state index contributed by atoms with van der Waals surface area (Å²) in [4.78, 5) is 4.42. The van der Waals surface area contributed by atoms with Crippen molar-refractivity contribution < 1.29 is 14.0 Å². The molecule has 1 heterocycles. The largest absolute Gasteiger partial charge is 0.497 e. The first-order valence-electron chi connectivity index (χ1n) is 6.52. The molecule has 0 unspecified atom stereocenters. The van der Waals surface area contributed by atoms with Crippen LogP contribution < -0.4 is 15.2 Å². The average molecular weight is 275 g/mol. The Morgan fingerprint density at radius 3 is 2.65 bits per heavy atom. The topological polar surface area (TPSA) is 83.4 Å². The van der Waals surface area contributed by atoms with Gasteiger partial charge >= 0.3 is 0 Å². The summed E-state index contributed by atoms with van der Waals surface area (Å²) < 4.78 is 15.9. The lowest BCUT2D eigenvalue weighted by Gasteiger charge is -2.34. The number of hydrogen-bond donors (Lipinski definition) is 1. The van der Waals surface area contributed by atoms with Crippen LogP contribution in [0.4, 0.5) is 0 Å². The second-order valence-corrected chi connectivity index (χ2v) is 5.00. The van der Waals surface area contributed by atoms with Crippen molar-refractivity contribution in [3.63, 3.8) is 0 Å². The van der Waals surface area contributed by atoms with Crippen LogP contribution in [0.15, 0.2) is 22.7 Å². The number of rotatable bonds is 4. The van der Waals surface area contributed by atoms with E-state index in [9.17, 15) is 0 Å². The zero-order valence-corrected chi connectivity index (χ0v) is 11.5. The van der Waals surface area contributed by atoms with Crippen LogP contribution in [0.3, 0.4) is 0 Å². The van der Waals surface area contributed by atoms with Gasteiger partial charge in [0.25, 0.3) is 5.89 Å². The van der Waals surface area contributed by atoms with E-state index in [1.165, 1.54) is 0 Å². The first kappa shape index (κ1) is 12.9. The van der Waals surface area contributed by atoms with Gasteiger partial charge in [0.15, 0.2) is 5.82 Å². The molecule has 0 bridgehead atoms. The number of aromatic nitrogens is 2. The van der Waals surface area contributed by atoms with Gasteiger partial charge in [-0.3, -0.25) is 0 Å². The predicted molar refractivity (Wildman–Crippen MR) is 72.6 cm³/mol. The summed E-state index contributed by atoms with van der Waals surface area (Å²) in [5, 5.41) is 4.01. The van der Waals surface area contributed by atoms with Gasteiger partial charge in [-0.2, -0.15) is 4.98 Å². The van der Waals surface area contributed by atoms with Crippen molar-refractivity contribution in [2.75, 3.05) is 14.2 Å². The molecule has 2 N–H and O–H groups in total. The van der Waals surface area contributed by atoms with Gasteiger partial charge in [0, 0.05) is 0 Å². The average Bonchev–Trinajstić information content (AvgIpc) is 2.94. The van der Waals surface area contributed by atoms with Crippen molar-refractivity contribution >= 4 is 0 Å². The zero-order chi connectivity index (χ0) is 14.2. The molecule has 1 fully saturated rings. The summed E-state index contributed by atoms with van der Waals surface area (Å²) in [7, 11) is 3.20. The van der Waals surface area contributed by atoms with Crippen molar-refractivity contribution in [3.8, 4) is 23.0 Å². The van der Waals surface area contributed by atoms with E-state index in [1.807, 2.05) is 6.07 Å². The highest BCUT2D eigenvalue weighted by atomic mass is 16.5. The Morgan fingerprint density at radius 2 is 2.05 bits per heavy atom. The number of methoxy groups -OCH3 is 2. The third-order valence-electron chi connectivity index (χ3n) is 3.75. The Labute approximate surface area is 116 Å². The van der Waals surface area contributed by atoms with Crippen molar-refractivity contribution in [1.29, 1.82) is 0 Å². The Bertz CT molecular complexity index is 620. The van der Waals surface area contributed by atoms with E-state index in [0.29, 0.717) is 28.8 Å². The molecule has 0 aliphatic heterocycles. The van der Waals surface area contributed by atoms with Gasteiger partial charge < -0.3 is 19.7 Å². The number of benzene rings is 1. The van der Waals surface area contributed by atoms with E-state index in [4.69, 9.17) is 19.7 Å². The summed E-state index contributed by atoms with van der Waals surface area (Å²) in [6.45, 7) is 0. The van der Waals surface area contributed by atoms with Gasteiger partial charge in [0.05, 0.1) is 25.3 Å². The molecule has 1 aromatic heterocycles. The minimum Gasteiger partial charge on any atom is -0.497 e. The highest BCUT2D eigenvalue weighted by molar-refractivity contribution is 5.65. The highest BCUT2D eigenvalue weighted by Gasteiger charge is 2.39. The maximum atomic E-state index is 6.20. The summed E-state index contributed by atoms with van der Waals surface area (Å²) >= 11 is 0. The van der Waals surface area contributed by atoms with Gasteiger partial charge in [-0.25, -0.2) is 0 Å². The normalized spacial score (nSPS) is 16.6. The second kappa shape index (κ2) is 4.79. The molecule has 3 rings (SSSR count). The third kappa shape index (κ3) is 2.02. The van der Waals surface area contributed by atoms with Crippen molar-refractivity contribution in [2.24, 2.45) is 5.73 Å². The van der Waals surface area contributed by atoms with Crippen LogP contribution >= 0.6 is 0 Å². The Hall–Kier alpha value is -2.08. The molecule has 106 valence electrons. The van der Waals surface area contributed by atoms with Crippen molar-refractivity contribution in [3.05, 3.63) is 24.0 Å². The summed E-state index contributed by atoms with van der Waals surface area (Å²) in [6.07, 6.45) is 2.88. The standard InChI is InChI=1S/C14H17N3O3/c1-18-9-4-5-11(19-2)10(8-9)12-16-13(17-20-12)14(15)6-3-7-14/h4-5,8H,3,6-7,15H2,1-2H3. The van der Waals surface area contributed by atoms with Gasteiger partial charge in [-0.1, -0.05) is 5.16 Å². The zero-order valence-electron chi connectivity index (χ0n) is 11.5. The first-order chi connectivity index (χ1) is 9.66. The second-order valence-electron chi connectivity index (χ2n) is 5.00. The van der Waals surface area contributed by atoms with E-state index in [1.54, 1.807) is 26.4 Å². The lowest BCUT2D eigenvalue weighted by molar-refractivity contribution is 0.229. The molecule has 1 aromatic carbocycles. The fourth-order valence-electron chi connectivity index (χ4n) is 2.30. The number of hydrogen-bond acceptors (Lipinski definition) is 6. The molecule has 2 aromatic rings. The molecule has 6 nitrogen and oxygen atoms in total. The first-order valence-corrected chi connectivity index (χ1v) is 6.52. The van der Waals surface area contributed by atoms with Crippen LogP contribution in [0.1, 0.15) is 25.1 Å². The van der Waals surface area contributed by atoms with Gasteiger partial charge in [-0.15, -0.1) is 0 Å². The molecule has 0 saturated heterocycles. The maximum Gasteiger partial charge on any atom is 0.261 e. The molecule has 1 aliphatic carbocycles. The van der Waals surface area contributed by atoms with E-state index in [-0.39, 0.29) is 0 Å². The molecule has 6 heteroatoms. The molecule has 1 aliphatic rings. The minimum atomic E-state index is -0.437. The third-order valence-corrected chi connectivity index (χ3v) is 3.75. The van der Waals surface area contributed by atoms with E-state index in [2.05, 4.69) is 10.1 Å². The monoisotopic (exact) mass is 275 g/mol. The van der Waals surface area contributed by atoms with Gasteiger partial charge in [0.1, 0.15) is 11.5 Å². The molecule has 1 saturated carbocycles. The summed E-state index contributed by atoms with van der Waals surface area (Å²) in [5.74, 6) is 2.31. The number of nitrogens with zero attached hydrogens (tertiary/aromatic N) is 2. The van der Waals surface area contributed by atoms with Crippen molar-refractivity contribution in [2.45, 2.75) is 24.8 Å². The molecule has 0 amide bonds. The van der Waals surface area contributed by atoms with Crippen LogP contribution in [-0.4, -0.2) is 24.4 Å². The summed E-state index contributed by atoms with van der Waals surface area (Å²) in [6, 6.07) is 5.43. The molecule has 0 radical (unpaired) electrons. The molecular weight excluding hydrogens is 258 g/mol. The number of nitrogens with two attached hydrogens (primary N) is 1. The number of ether oxygens (including phenoxy) is 2. The lowest BCUT2D eigenvalue weighted by atomic mass is 9.77. The molecular formula is C14H17N3O3.